The standard InChI is InChI=1S/C16H23N3O/c1-12(16(20)18-14-6-2-3-7-14)19-10-13(11-19)15-8-4-5-9-17-15/h4-5,8-9,12-14H,2-3,6-7,10-11H2,1H3,(H,18,20)/t12-/m0/s1. The molecule has 1 atom stereocenters. The van der Waals surface area contributed by atoms with Crippen LogP contribution in [-0.2, 0) is 4.79 Å². The van der Waals surface area contributed by atoms with Crippen molar-refractivity contribution in [1.82, 2.24) is 15.2 Å². The van der Waals surface area contributed by atoms with E-state index in [-0.39, 0.29) is 11.9 Å². The van der Waals surface area contributed by atoms with Gasteiger partial charge in [-0.25, -0.2) is 0 Å². The summed E-state index contributed by atoms with van der Waals surface area (Å²) in [5.74, 6) is 0.675. The van der Waals surface area contributed by atoms with Crippen LogP contribution < -0.4 is 5.32 Å². The summed E-state index contributed by atoms with van der Waals surface area (Å²) in [6, 6.07) is 6.44. The largest absolute Gasteiger partial charge is 0.352 e. The summed E-state index contributed by atoms with van der Waals surface area (Å²) in [5, 5.41) is 3.19. The van der Waals surface area contributed by atoms with Crippen molar-refractivity contribution < 1.29 is 4.79 Å². The SMILES string of the molecule is C[C@@H](C(=O)NC1CCCC1)N1CC(c2ccccn2)C1. The van der Waals surface area contributed by atoms with Gasteiger partial charge in [0.15, 0.2) is 0 Å². The predicted octanol–water partition coefficient (Wildman–Crippen LogP) is 1.93. The predicted molar refractivity (Wildman–Crippen MR) is 78.4 cm³/mol. The van der Waals surface area contributed by atoms with Gasteiger partial charge in [-0.15, -0.1) is 0 Å². The molecule has 1 aliphatic heterocycles. The summed E-state index contributed by atoms with van der Waals surface area (Å²) >= 11 is 0. The van der Waals surface area contributed by atoms with Crippen LogP contribution in [0.15, 0.2) is 24.4 Å². The number of carbonyl (C=O) groups is 1. The fraction of sp³-hybridized carbons (Fsp3) is 0.625. The van der Waals surface area contributed by atoms with Gasteiger partial charge >= 0.3 is 0 Å². The maximum absolute atomic E-state index is 12.2. The molecular formula is C16H23N3O. The Kier molecular flexibility index (Phi) is 4.01. The number of likely N-dealkylation sites (tertiary alicyclic amines) is 1. The van der Waals surface area contributed by atoms with Gasteiger partial charge in [0.05, 0.1) is 6.04 Å². The fourth-order valence-corrected chi connectivity index (χ4v) is 3.19. The Morgan fingerprint density at radius 3 is 2.75 bits per heavy atom. The zero-order chi connectivity index (χ0) is 13.9. The first kappa shape index (κ1) is 13.6. The third kappa shape index (κ3) is 2.85. The molecule has 0 radical (unpaired) electrons. The van der Waals surface area contributed by atoms with Crippen molar-refractivity contribution >= 4 is 5.91 Å². The molecule has 4 nitrogen and oxygen atoms in total. The average molecular weight is 273 g/mol. The minimum absolute atomic E-state index is 0.0180. The van der Waals surface area contributed by atoms with Crippen molar-refractivity contribution in [2.24, 2.45) is 0 Å². The second kappa shape index (κ2) is 5.92. The van der Waals surface area contributed by atoms with Crippen LogP contribution in [0.5, 0.6) is 0 Å². The Morgan fingerprint density at radius 2 is 2.10 bits per heavy atom. The molecule has 1 amide bonds. The molecule has 0 unspecified atom stereocenters. The molecule has 108 valence electrons. The summed E-state index contributed by atoms with van der Waals surface area (Å²) in [6.07, 6.45) is 6.65. The minimum Gasteiger partial charge on any atom is -0.352 e. The first-order chi connectivity index (χ1) is 9.74. The molecule has 0 spiro atoms. The first-order valence-electron chi connectivity index (χ1n) is 7.69. The molecule has 20 heavy (non-hydrogen) atoms. The van der Waals surface area contributed by atoms with Crippen LogP contribution in [0.1, 0.15) is 44.2 Å². The highest BCUT2D eigenvalue weighted by atomic mass is 16.2. The molecular weight excluding hydrogens is 250 g/mol. The van der Waals surface area contributed by atoms with Gasteiger partial charge in [-0.2, -0.15) is 0 Å². The van der Waals surface area contributed by atoms with Crippen LogP contribution in [0.4, 0.5) is 0 Å². The van der Waals surface area contributed by atoms with Crippen molar-refractivity contribution in [2.75, 3.05) is 13.1 Å². The van der Waals surface area contributed by atoms with E-state index in [2.05, 4.69) is 21.3 Å². The highest BCUT2D eigenvalue weighted by molar-refractivity contribution is 5.81. The number of amides is 1. The van der Waals surface area contributed by atoms with Gasteiger partial charge in [0.2, 0.25) is 5.91 Å². The first-order valence-corrected chi connectivity index (χ1v) is 7.69. The highest BCUT2D eigenvalue weighted by Crippen LogP contribution is 2.27. The van der Waals surface area contributed by atoms with E-state index in [9.17, 15) is 4.79 Å². The zero-order valence-electron chi connectivity index (χ0n) is 12.1. The Hall–Kier alpha value is -1.42. The Bertz CT molecular complexity index is 450. The van der Waals surface area contributed by atoms with E-state index in [0.717, 1.165) is 31.6 Å². The lowest BCUT2D eigenvalue weighted by Crippen LogP contribution is -2.56. The van der Waals surface area contributed by atoms with Crippen molar-refractivity contribution in [3.05, 3.63) is 30.1 Å². The fourth-order valence-electron chi connectivity index (χ4n) is 3.19. The van der Waals surface area contributed by atoms with Crippen LogP contribution in [0.25, 0.3) is 0 Å². The highest BCUT2D eigenvalue weighted by Gasteiger charge is 2.35. The monoisotopic (exact) mass is 273 g/mol. The van der Waals surface area contributed by atoms with Crippen LogP contribution in [0, 0.1) is 0 Å². The third-order valence-electron chi connectivity index (χ3n) is 4.64. The Balaban J connectivity index is 1.47. The van der Waals surface area contributed by atoms with Crippen molar-refractivity contribution in [3.63, 3.8) is 0 Å². The van der Waals surface area contributed by atoms with Crippen LogP contribution >= 0.6 is 0 Å². The smallest absolute Gasteiger partial charge is 0.237 e. The average Bonchev–Trinajstić information content (AvgIpc) is 2.91. The molecule has 1 aromatic heterocycles. The maximum Gasteiger partial charge on any atom is 0.237 e. The van der Waals surface area contributed by atoms with Crippen LogP contribution in [0.3, 0.4) is 0 Å². The molecule has 1 aromatic rings. The number of hydrogen-bond donors (Lipinski definition) is 1. The molecule has 2 fully saturated rings. The normalized spacial score (nSPS) is 22.4. The summed E-state index contributed by atoms with van der Waals surface area (Å²) in [6.45, 7) is 3.89. The lowest BCUT2D eigenvalue weighted by Gasteiger charge is -2.42. The maximum atomic E-state index is 12.2. The molecule has 1 N–H and O–H groups in total. The molecule has 1 saturated carbocycles. The summed E-state index contributed by atoms with van der Waals surface area (Å²) in [5.41, 5.74) is 1.15. The quantitative estimate of drug-likeness (QED) is 0.911. The van der Waals surface area contributed by atoms with Gasteiger partial charge in [0.1, 0.15) is 0 Å². The van der Waals surface area contributed by atoms with E-state index in [0.29, 0.717) is 12.0 Å². The van der Waals surface area contributed by atoms with Gasteiger partial charge in [-0.05, 0) is 31.9 Å². The molecule has 0 bridgehead atoms. The number of aromatic nitrogens is 1. The number of pyridine rings is 1. The van der Waals surface area contributed by atoms with Gasteiger partial charge in [0.25, 0.3) is 0 Å². The summed E-state index contributed by atoms with van der Waals surface area (Å²) in [4.78, 5) is 18.8. The van der Waals surface area contributed by atoms with Gasteiger partial charge in [-0.1, -0.05) is 18.9 Å². The molecule has 1 saturated heterocycles. The van der Waals surface area contributed by atoms with Crippen molar-refractivity contribution in [1.29, 1.82) is 0 Å². The van der Waals surface area contributed by atoms with Gasteiger partial charge < -0.3 is 5.32 Å². The summed E-state index contributed by atoms with van der Waals surface area (Å²) < 4.78 is 0. The van der Waals surface area contributed by atoms with Crippen molar-refractivity contribution in [3.8, 4) is 0 Å². The lowest BCUT2D eigenvalue weighted by molar-refractivity contribution is -0.128. The van der Waals surface area contributed by atoms with Crippen molar-refractivity contribution in [2.45, 2.75) is 50.6 Å². The number of carbonyl (C=O) groups excluding carboxylic acids is 1. The van der Waals surface area contributed by atoms with E-state index in [1.807, 2.05) is 25.3 Å². The lowest BCUT2D eigenvalue weighted by atomic mass is 9.94. The number of rotatable bonds is 4. The molecule has 3 rings (SSSR count). The van der Waals surface area contributed by atoms with E-state index < -0.39 is 0 Å². The van der Waals surface area contributed by atoms with Gasteiger partial charge in [-0.3, -0.25) is 14.7 Å². The zero-order valence-corrected chi connectivity index (χ0v) is 12.1. The molecule has 0 aromatic carbocycles. The van der Waals surface area contributed by atoms with Gasteiger partial charge in [0, 0.05) is 36.9 Å². The number of hydrogen-bond acceptors (Lipinski definition) is 3. The molecule has 4 heteroatoms. The molecule has 2 heterocycles. The Morgan fingerprint density at radius 1 is 1.35 bits per heavy atom. The number of nitrogens with zero attached hydrogens (tertiary/aromatic N) is 2. The molecule has 2 aliphatic rings. The second-order valence-electron chi connectivity index (χ2n) is 6.07. The molecule has 1 aliphatic carbocycles. The third-order valence-corrected chi connectivity index (χ3v) is 4.64. The second-order valence-corrected chi connectivity index (χ2v) is 6.07. The topological polar surface area (TPSA) is 45.2 Å². The summed E-state index contributed by atoms with van der Waals surface area (Å²) in [7, 11) is 0. The van der Waals surface area contributed by atoms with E-state index >= 15 is 0 Å². The van der Waals surface area contributed by atoms with Crippen LogP contribution in [0.2, 0.25) is 0 Å². The van der Waals surface area contributed by atoms with Crippen LogP contribution in [-0.4, -0.2) is 41.0 Å². The van der Waals surface area contributed by atoms with E-state index in [1.165, 1.54) is 12.8 Å². The Labute approximate surface area is 120 Å². The van der Waals surface area contributed by atoms with E-state index in [4.69, 9.17) is 0 Å². The minimum atomic E-state index is -0.0180. The number of nitrogens with one attached hydrogen (secondary N) is 1. The van der Waals surface area contributed by atoms with E-state index in [1.54, 1.807) is 0 Å².